The fourth-order valence-corrected chi connectivity index (χ4v) is 2.89. The van der Waals surface area contributed by atoms with Gasteiger partial charge in [0.15, 0.2) is 11.5 Å². The van der Waals surface area contributed by atoms with Gasteiger partial charge in [-0.05, 0) is 38.2 Å². The lowest BCUT2D eigenvalue weighted by Gasteiger charge is -2.02. The number of thiazole rings is 1. The van der Waals surface area contributed by atoms with Gasteiger partial charge in [0, 0.05) is 17.5 Å². The van der Waals surface area contributed by atoms with Crippen molar-refractivity contribution in [2.45, 2.75) is 6.42 Å². The highest BCUT2D eigenvalue weighted by atomic mass is 32.1. The van der Waals surface area contributed by atoms with E-state index in [1.54, 1.807) is 5.38 Å². The molecule has 0 fully saturated rings. The zero-order chi connectivity index (χ0) is 15.4. The molecule has 0 unspecified atom stereocenters. The van der Waals surface area contributed by atoms with Crippen molar-refractivity contribution in [2.75, 3.05) is 26.9 Å². The van der Waals surface area contributed by atoms with Gasteiger partial charge >= 0.3 is 0 Å². The maximum atomic E-state index is 12.0. The number of ether oxygens (including phenoxy) is 2. The fraction of sp³-hybridized carbons (Fsp3) is 0.333. The van der Waals surface area contributed by atoms with E-state index in [0.29, 0.717) is 18.0 Å². The molecule has 1 aliphatic heterocycles. The molecule has 1 amide bonds. The Bertz CT molecular complexity index is 672. The van der Waals surface area contributed by atoms with E-state index in [1.807, 2.05) is 25.2 Å². The second-order valence-corrected chi connectivity index (χ2v) is 5.68. The summed E-state index contributed by atoms with van der Waals surface area (Å²) in [7, 11) is 1.89. The van der Waals surface area contributed by atoms with Crippen LogP contribution in [0.5, 0.6) is 11.5 Å². The first-order chi connectivity index (χ1) is 10.8. The molecule has 0 bridgehead atoms. The second kappa shape index (κ2) is 6.76. The summed E-state index contributed by atoms with van der Waals surface area (Å²) in [6.07, 6.45) is 0.890. The number of carbonyl (C=O) groups excluding carboxylic acids is 1. The Kier molecular flexibility index (Phi) is 4.55. The van der Waals surface area contributed by atoms with Gasteiger partial charge in [-0.1, -0.05) is 0 Å². The number of carbonyl (C=O) groups is 1. The maximum absolute atomic E-state index is 12.0. The topological polar surface area (TPSA) is 72.5 Å². The van der Waals surface area contributed by atoms with Gasteiger partial charge in [-0.15, -0.1) is 11.3 Å². The van der Waals surface area contributed by atoms with E-state index in [2.05, 4.69) is 15.6 Å². The van der Waals surface area contributed by atoms with Gasteiger partial charge in [-0.2, -0.15) is 0 Å². The number of amides is 1. The molecule has 0 radical (unpaired) electrons. The van der Waals surface area contributed by atoms with E-state index in [9.17, 15) is 4.79 Å². The van der Waals surface area contributed by atoms with Crippen LogP contribution in [0.25, 0.3) is 10.6 Å². The first kappa shape index (κ1) is 14.8. The minimum absolute atomic E-state index is 0.139. The number of aromatic nitrogens is 1. The lowest BCUT2D eigenvalue weighted by molar-refractivity contribution is 0.0949. The first-order valence-corrected chi connectivity index (χ1v) is 7.94. The number of hydrogen-bond donors (Lipinski definition) is 2. The van der Waals surface area contributed by atoms with Crippen molar-refractivity contribution in [1.82, 2.24) is 15.6 Å². The van der Waals surface area contributed by atoms with Crippen LogP contribution < -0.4 is 20.1 Å². The van der Waals surface area contributed by atoms with Gasteiger partial charge in [-0.3, -0.25) is 4.79 Å². The molecule has 0 aliphatic carbocycles. The van der Waals surface area contributed by atoms with Crippen molar-refractivity contribution in [3.8, 4) is 22.1 Å². The highest BCUT2D eigenvalue weighted by Crippen LogP contribution is 2.36. The predicted molar refractivity (Wildman–Crippen MR) is 84.5 cm³/mol. The molecule has 0 saturated heterocycles. The Morgan fingerprint density at radius 2 is 2.18 bits per heavy atom. The molecule has 22 heavy (non-hydrogen) atoms. The average Bonchev–Trinajstić information content (AvgIpc) is 3.19. The monoisotopic (exact) mass is 319 g/mol. The summed E-state index contributed by atoms with van der Waals surface area (Å²) in [5.41, 5.74) is 1.37. The predicted octanol–water partition coefficient (Wildman–Crippen LogP) is 1.88. The van der Waals surface area contributed by atoms with E-state index in [0.717, 1.165) is 29.3 Å². The van der Waals surface area contributed by atoms with Crippen molar-refractivity contribution in [3.05, 3.63) is 29.3 Å². The van der Waals surface area contributed by atoms with Crippen LogP contribution in [0.3, 0.4) is 0 Å². The molecule has 2 heterocycles. The van der Waals surface area contributed by atoms with Gasteiger partial charge in [0.2, 0.25) is 6.79 Å². The van der Waals surface area contributed by atoms with E-state index in [4.69, 9.17) is 9.47 Å². The molecular weight excluding hydrogens is 302 g/mol. The average molecular weight is 319 g/mol. The summed E-state index contributed by atoms with van der Waals surface area (Å²) in [6, 6.07) is 5.66. The zero-order valence-corrected chi connectivity index (χ0v) is 13.0. The number of fused-ring (bicyclic) bond motifs is 1. The van der Waals surface area contributed by atoms with Gasteiger partial charge < -0.3 is 20.1 Å². The molecule has 0 saturated carbocycles. The van der Waals surface area contributed by atoms with Crippen LogP contribution >= 0.6 is 11.3 Å². The van der Waals surface area contributed by atoms with Crippen LogP contribution in [0.15, 0.2) is 23.6 Å². The van der Waals surface area contributed by atoms with Crippen molar-refractivity contribution in [1.29, 1.82) is 0 Å². The van der Waals surface area contributed by atoms with Gasteiger partial charge in [0.1, 0.15) is 10.7 Å². The molecule has 0 spiro atoms. The normalized spacial score (nSPS) is 12.4. The largest absolute Gasteiger partial charge is 0.454 e. The number of hydrogen-bond acceptors (Lipinski definition) is 6. The molecular formula is C15H17N3O3S. The molecule has 116 valence electrons. The van der Waals surface area contributed by atoms with Crippen LogP contribution in [0, 0.1) is 0 Å². The second-order valence-electron chi connectivity index (χ2n) is 4.82. The highest BCUT2D eigenvalue weighted by Gasteiger charge is 2.16. The van der Waals surface area contributed by atoms with Gasteiger partial charge in [0.25, 0.3) is 5.91 Å². The molecule has 1 aromatic carbocycles. The molecule has 3 rings (SSSR count). The maximum Gasteiger partial charge on any atom is 0.270 e. The minimum atomic E-state index is -0.139. The van der Waals surface area contributed by atoms with Gasteiger partial charge in [0.05, 0.1) is 0 Å². The molecule has 0 atom stereocenters. The summed E-state index contributed by atoms with van der Waals surface area (Å²) in [6.45, 7) is 1.76. The van der Waals surface area contributed by atoms with Crippen LogP contribution in [-0.2, 0) is 0 Å². The van der Waals surface area contributed by atoms with E-state index < -0.39 is 0 Å². The number of rotatable bonds is 6. The molecule has 1 aliphatic rings. The van der Waals surface area contributed by atoms with Crippen LogP contribution in [-0.4, -0.2) is 37.8 Å². The summed E-state index contributed by atoms with van der Waals surface area (Å²) in [5.74, 6) is 1.31. The highest BCUT2D eigenvalue weighted by molar-refractivity contribution is 7.13. The fourth-order valence-electron chi connectivity index (χ4n) is 2.10. The lowest BCUT2D eigenvalue weighted by Crippen LogP contribution is -2.26. The third kappa shape index (κ3) is 3.20. The summed E-state index contributed by atoms with van der Waals surface area (Å²) < 4.78 is 10.6. The summed E-state index contributed by atoms with van der Waals surface area (Å²) in [4.78, 5) is 16.4. The first-order valence-electron chi connectivity index (χ1n) is 7.06. The van der Waals surface area contributed by atoms with Crippen molar-refractivity contribution in [3.63, 3.8) is 0 Å². The quantitative estimate of drug-likeness (QED) is 0.795. The Morgan fingerprint density at radius 1 is 1.32 bits per heavy atom. The molecule has 2 N–H and O–H groups in total. The Hall–Kier alpha value is -2.12. The van der Waals surface area contributed by atoms with E-state index >= 15 is 0 Å². The number of nitrogens with zero attached hydrogens (tertiary/aromatic N) is 1. The van der Waals surface area contributed by atoms with Crippen molar-refractivity contribution >= 4 is 17.2 Å². The smallest absolute Gasteiger partial charge is 0.270 e. The Labute approximate surface area is 132 Å². The number of benzene rings is 1. The third-order valence-corrected chi connectivity index (χ3v) is 4.14. The zero-order valence-electron chi connectivity index (χ0n) is 12.2. The van der Waals surface area contributed by atoms with Crippen molar-refractivity contribution < 1.29 is 14.3 Å². The van der Waals surface area contributed by atoms with Gasteiger partial charge in [-0.25, -0.2) is 4.98 Å². The summed E-state index contributed by atoms with van der Waals surface area (Å²) >= 11 is 1.44. The van der Waals surface area contributed by atoms with E-state index in [1.165, 1.54) is 11.3 Å². The SMILES string of the molecule is CNCCCNC(=O)c1csc(-c2ccc3c(c2)OCO3)n1. The molecule has 2 aromatic rings. The molecule has 6 nitrogen and oxygen atoms in total. The van der Waals surface area contributed by atoms with Crippen molar-refractivity contribution in [2.24, 2.45) is 0 Å². The minimum Gasteiger partial charge on any atom is -0.454 e. The standard InChI is InChI=1S/C15H17N3O3S/c1-16-5-2-6-17-14(19)11-8-22-15(18-11)10-3-4-12-13(7-10)21-9-20-12/h3-4,7-8,16H,2,5-6,9H2,1H3,(H,17,19). The summed E-state index contributed by atoms with van der Waals surface area (Å²) in [5, 5.41) is 8.46. The van der Waals surface area contributed by atoms with E-state index in [-0.39, 0.29) is 12.7 Å². The van der Waals surface area contributed by atoms with Crippen LogP contribution in [0.1, 0.15) is 16.9 Å². The Morgan fingerprint density at radius 3 is 3.05 bits per heavy atom. The number of nitrogens with one attached hydrogen (secondary N) is 2. The molecule has 1 aromatic heterocycles. The lowest BCUT2D eigenvalue weighted by atomic mass is 10.2. The van der Waals surface area contributed by atoms with Crippen LogP contribution in [0.4, 0.5) is 0 Å². The Balaban J connectivity index is 1.67. The molecule has 7 heteroatoms. The third-order valence-electron chi connectivity index (χ3n) is 3.25. The van der Waals surface area contributed by atoms with Crippen LogP contribution in [0.2, 0.25) is 0 Å².